The summed E-state index contributed by atoms with van der Waals surface area (Å²) >= 11 is 0. The minimum Gasteiger partial charge on any atom is -0.379 e. The second-order valence-electron chi connectivity index (χ2n) is 7.45. The second kappa shape index (κ2) is 9.72. The topological polar surface area (TPSA) is 88.2 Å². The zero-order chi connectivity index (χ0) is 22.6. The average molecular weight is 465 g/mol. The molecular formula is C19H26F3N3O5S. The fourth-order valence-electron chi connectivity index (χ4n) is 3.48. The van der Waals surface area contributed by atoms with Crippen molar-refractivity contribution in [1.82, 2.24) is 4.31 Å². The molecule has 0 aliphatic carbocycles. The summed E-state index contributed by atoms with van der Waals surface area (Å²) in [7, 11) is -3.81. The quantitative estimate of drug-likeness (QED) is 0.665. The highest BCUT2D eigenvalue weighted by atomic mass is 32.2. The molecule has 2 saturated heterocycles. The number of rotatable bonds is 7. The summed E-state index contributed by atoms with van der Waals surface area (Å²) in [5, 5.41) is 2.56. The molecule has 1 atom stereocenters. The van der Waals surface area contributed by atoms with Gasteiger partial charge in [0.05, 0.1) is 29.5 Å². The number of morpholine rings is 1. The molecule has 2 aliphatic rings. The number of hydrogen-bond acceptors (Lipinski definition) is 6. The number of alkyl halides is 3. The van der Waals surface area contributed by atoms with Crippen molar-refractivity contribution in [1.29, 1.82) is 0 Å². The van der Waals surface area contributed by atoms with Gasteiger partial charge < -0.3 is 19.7 Å². The molecule has 8 nitrogen and oxygen atoms in total. The van der Waals surface area contributed by atoms with Crippen LogP contribution in [0.1, 0.15) is 19.8 Å². The van der Waals surface area contributed by atoms with Crippen LogP contribution < -0.4 is 10.2 Å². The monoisotopic (exact) mass is 465 g/mol. The lowest BCUT2D eigenvalue weighted by molar-refractivity contribution is -0.184. The van der Waals surface area contributed by atoms with Gasteiger partial charge in [-0.1, -0.05) is 0 Å². The number of carbonyl (C=O) groups excluding carboxylic acids is 1. The third-order valence-corrected chi connectivity index (χ3v) is 7.04. The van der Waals surface area contributed by atoms with E-state index in [1.807, 2.05) is 4.90 Å². The number of ether oxygens (including phenoxy) is 2. The molecule has 0 saturated carbocycles. The second-order valence-corrected chi connectivity index (χ2v) is 9.39. The predicted molar refractivity (Wildman–Crippen MR) is 108 cm³/mol. The molecule has 3 rings (SSSR count). The molecule has 2 heterocycles. The van der Waals surface area contributed by atoms with E-state index in [1.165, 1.54) is 23.4 Å². The van der Waals surface area contributed by atoms with E-state index in [9.17, 15) is 26.4 Å². The third-order valence-electron chi connectivity index (χ3n) is 5.15. The molecule has 12 heteroatoms. The molecule has 174 valence electrons. The van der Waals surface area contributed by atoms with E-state index in [0.29, 0.717) is 18.9 Å². The van der Waals surface area contributed by atoms with E-state index in [4.69, 9.17) is 4.74 Å². The van der Waals surface area contributed by atoms with Crippen molar-refractivity contribution < 1.29 is 35.9 Å². The Morgan fingerprint density at radius 1 is 1.19 bits per heavy atom. The number of amides is 1. The lowest BCUT2D eigenvalue weighted by atomic mass is 10.2. The van der Waals surface area contributed by atoms with Crippen molar-refractivity contribution in [2.24, 2.45) is 0 Å². The Balaban J connectivity index is 1.85. The highest BCUT2D eigenvalue weighted by Crippen LogP contribution is 2.32. The number of benzene rings is 1. The number of carbonyl (C=O) groups is 1. The van der Waals surface area contributed by atoms with Gasteiger partial charge in [-0.3, -0.25) is 4.79 Å². The molecule has 0 spiro atoms. The molecule has 1 N–H and O–H groups in total. The van der Waals surface area contributed by atoms with E-state index in [1.54, 1.807) is 6.07 Å². The lowest BCUT2D eigenvalue weighted by Gasteiger charge is -2.27. The highest BCUT2D eigenvalue weighted by Gasteiger charge is 2.31. The Labute approximate surface area is 179 Å². The number of sulfonamides is 1. The summed E-state index contributed by atoms with van der Waals surface area (Å²) in [6.45, 7) is 2.17. The van der Waals surface area contributed by atoms with Crippen LogP contribution in [0.2, 0.25) is 0 Å². The largest absolute Gasteiger partial charge is 0.411 e. The maximum atomic E-state index is 13.0. The van der Waals surface area contributed by atoms with Crippen LogP contribution in [-0.4, -0.2) is 76.9 Å². The molecule has 0 radical (unpaired) electrons. The minimum absolute atomic E-state index is 0.00323. The van der Waals surface area contributed by atoms with E-state index >= 15 is 0 Å². The van der Waals surface area contributed by atoms with E-state index < -0.39 is 34.8 Å². The maximum Gasteiger partial charge on any atom is 0.411 e. The van der Waals surface area contributed by atoms with Crippen molar-refractivity contribution in [2.75, 3.05) is 56.2 Å². The molecule has 0 aromatic heterocycles. The van der Waals surface area contributed by atoms with Crippen molar-refractivity contribution >= 4 is 27.3 Å². The van der Waals surface area contributed by atoms with Crippen LogP contribution in [-0.2, 0) is 24.3 Å². The third kappa shape index (κ3) is 6.09. The first-order valence-electron chi connectivity index (χ1n) is 10.0. The SMILES string of the molecule is CC(OCC(F)(F)F)C(=O)Nc1cc(S(=O)(=O)N2CCOCC2)ccc1N1CCCC1. The molecular weight excluding hydrogens is 439 g/mol. The zero-order valence-corrected chi connectivity index (χ0v) is 18.0. The van der Waals surface area contributed by atoms with Crippen LogP contribution in [0.4, 0.5) is 24.5 Å². The maximum absolute atomic E-state index is 13.0. The Morgan fingerprint density at radius 3 is 2.45 bits per heavy atom. The average Bonchev–Trinajstić information content (AvgIpc) is 3.26. The van der Waals surface area contributed by atoms with E-state index in [2.05, 4.69) is 10.1 Å². The fourth-order valence-corrected chi connectivity index (χ4v) is 4.91. The van der Waals surface area contributed by atoms with Crippen LogP contribution in [0, 0.1) is 0 Å². The summed E-state index contributed by atoms with van der Waals surface area (Å²) in [6.07, 6.45) is -4.02. The zero-order valence-electron chi connectivity index (χ0n) is 17.2. The number of nitrogens with one attached hydrogen (secondary N) is 1. The van der Waals surface area contributed by atoms with Crippen molar-refractivity contribution in [3.8, 4) is 0 Å². The van der Waals surface area contributed by atoms with Gasteiger partial charge in [-0.2, -0.15) is 17.5 Å². The van der Waals surface area contributed by atoms with Crippen LogP contribution in [0.3, 0.4) is 0 Å². The lowest BCUT2D eigenvalue weighted by Crippen LogP contribution is -2.40. The molecule has 2 aliphatic heterocycles. The van der Waals surface area contributed by atoms with E-state index in [-0.39, 0.29) is 23.7 Å². The minimum atomic E-state index is -4.55. The number of nitrogens with zero attached hydrogens (tertiary/aromatic N) is 2. The van der Waals surface area contributed by atoms with Crippen molar-refractivity contribution in [3.05, 3.63) is 18.2 Å². The Kier molecular flexibility index (Phi) is 7.45. The molecule has 1 aromatic carbocycles. The van der Waals surface area contributed by atoms with Crippen LogP contribution in [0.5, 0.6) is 0 Å². The van der Waals surface area contributed by atoms with E-state index in [0.717, 1.165) is 25.9 Å². The van der Waals surface area contributed by atoms with Crippen LogP contribution >= 0.6 is 0 Å². The summed E-state index contributed by atoms with van der Waals surface area (Å²) < 4.78 is 74.3. The fraction of sp³-hybridized carbons (Fsp3) is 0.632. The molecule has 2 fully saturated rings. The van der Waals surface area contributed by atoms with Gasteiger partial charge in [0.2, 0.25) is 10.0 Å². The van der Waals surface area contributed by atoms with Gasteiger partial charge in [0, 0.05) is 26.2 Å². The van der Waals surface area contributed by atoms with Gasteiger partial charge in [0.15, 0.2) is 0 Å². The first-order chi connectivity index (χ1) is 14.6. The van der Waals surface area contributed by atoms with Crippen molar-refractivity contribution in [3.63, 3.8) is 0 Å². The number of anilines is 2. The Bertz CT molecular complexity index is 882. The normalized spacial score (nSPS) is 19.4. The van der Waals surface area contributed by atoms with Gasteiger partial charge in [0.1, 0.15) is 12.7 Å². The molecule has 31 heavy (non-hydrogen) atoms. The molecule has 0 bridgehead atoms. The number of halogens is 3. The Hall–Kier alpha value is -1.89. The summed E-state index contributed by atoms with van der Waals surface area (Å²) in [4.78, 5) is 14.5. The molecule has 1 aromatic rings. The molecule has 1 unspecified atom stereocenters. The van der Waals surface area contributed by atoms with Gasteiger partial charge in [-0.25, -0.2) is 8.42 Å². The van der Waals surface area contributed by atoms with Gasteiger partial charge >= 0.3 is 6.18 Å². The van der Waals surface area contributed by atoms with Crippen molar-refractivity contribution in [2.45, 2.75) is 36.9 Å². The smallest absolute Gasteiger partial charge is 0.379 e. The standard InChI is InChI=1S/C19H26F3N3O5S/c1-14(30-13-19(20,21)22)18(26)23-16-12-15(4-5-17(16)24-6-2-3-7-24)31(27,28)25-8-10-29-11-9-25/h4-5,12,14H,2-3,6-11,13H2,1H3,(H,23,26). The summed E-state index contributed by atoms with van der Waals surface area (Å²) in [6, 6.07) is 4.46. The summed E-state index contributed by atoms with van der Waals surface area (Å²) in [5.41, 5.74) is 0.846. The first kappa shape index (κ1) is 23.8. The summed E-state index contributed by atoms with van der Waals surface area (Å²) in [5.74, 6) is -0.786. The Morgan fingerprint density at radius 2 is 1.84 bits per heavy atom. The highest BCUT2D eigenvalue weighted by molar-refractivity contribution is 7.89. The molecule has 1 amide bonds. The first-order valence-corrected chi connectivity index (χ1v) is 11.5. The van der Waals surface area contributed by atoms with Gasteiger partial charge in [-0.05, 0) is 38.0 Å². The van der Waals surface area contributed by atoms with Crippen LogP contribution in [0.15, 0.2) is 23.1 Å². The van der Waals surface area contributed by atoms with Crippen LogP contribution in [0.25, 0.3) is 0 Å². The van der Waals surface area contributed by atoms with Gasteiger partial charge in [0.25, 0.3) is 5.91 Å². The predicted octanol–water partition coefficient (Wildman–Crippen LogP) is 2.21. The number of hydrogen-bond donors (Lipinski definition) is 1. The van der Waals surface area contributed by atoms with Gasteiger partial charge in [-0.15, -0.1) is 0 Å².